The molecule has 0 radical (unpaired) electrons. The Bertz CT molecular complexity index is 3270. The van der Waals surface area contributed by atoms with E-state index in [4.69, 9.17) is 0 Å². The van der Waals surface area contributed by atoms with Crippen LogP contribution >= 0.6 is 0 Å². The van der Waals surface area contributed by atoms with Crippen molar-refractivity contribution >= 4 is 53.9 Å². The van der Waals surface area contributed by atoms with Crippen molar-refractivity contribution in [3.05, 3.63) is 234 Å². The van der Waals surface area contributed by atoms with Gasteiger partial charge in [0.15, 0.2) is 0 Å². The maximum absolute atomic E-state index is 2.27. The molecular formula is C77H104. The van der Waals surface area contributed by atoms with E-state index in [1.807, 2.05) is 69.2 Å². The van der Waals surface area contributed by atoms with E-state index in [-0.39, 0.29) is 0 Å². The second-order valence-corrected chi connectivity index (χ2v) is 19.8. The molecule has 0 aliphatic heterocycles. The standard InChI is InChI=1S/2C14H16.3C13H14.5C2H6/c1-9-5-13-7-11(3)12(4)8-14(13)6-10(9)2;1-9-5-11(3)14-8-10(2)6-12(4)13(14)7-9;1-9-4-5-12-7-10(2)6-11(3)13(12)8-9;1-9-4-5-12-7-10(2)11(3)8-13(12)6-9;1-9-8-10(2)12-6-4-5-7-13(12)11(9)3;5*1-2/h2*5-8H,1-4H3;3*4-8H,1-3H3;5*1-2H3. The Kier molecular flexibility index (Phi) is 30.5. The van der Waals surface area contributed by atoms with Gasteiger partial charge in [-0.1, -0.05) is 237 Å². The molecule has 412 valence electrons. The molecule has 0 heteroatoms. The highest BCUT2D eigenvalue weighted by Crippen LogP contribution is 2.28. The fourth-order valence-electron chi connectivity index (χ4n) is 9.36. The van der Waals surface area contributed by atoms with Gasteiger partial charge in [-0.05, 0) is 238 Å². The first-order valence-corrected chi connectivity index (χ1v) is 29.1. The van der Waals surface area contributed by atoms with E-state index in [0.717, 1.165) is 0 Å². The molecule has 0 N–H and O–H groups in total. The fraction of sp³-hybridized carbons (Fsp3) is 0.351. The Morgan fingerprint density at radius 2 is 0.455 bits per heavy atom. The molecule has 10 aromatic carbocycles. The third kappa shape index (κ3) is 19.8. The van der Waals surface area contributed by atoms with E-state index >= 15 is 0 Å². The number of rotatable bonds is 0. The SMILES string of the molecule is CC.CC.CC.CC.CC.Cc1cc(C)c2cc(C)cc(C)c2c1.Cc1cc(C)c2cc(C)ccc2c1.Cc1cc(C)c2ccccc2c1C.Cc1cc2cc(C)c(C)cc2cc1C.Cc1ccc2cc(C)c(C)cc2c1. The van der Waals surface area contributed by atoms with Gasteiger partial charge in [0.2, 0.25) is 0 Å². The van der Waals surface area contributed by atoms with Gasteiger partial charge in [0.25, 0.3) is 0 Å². The lowest BCUT2D eigenvalue weighted by Gasteiger charge is -2.08. The van der Waals surface area contributed by atoms with Gasteiger partial charge in [0.05, 0.1) is 0 Å². The summed E-state index contributed by atoms with van der Waals surface area (Å²) in [6.45, 7) is 56.8. The molecule has 10 rings (SSSR count). The van der Waals surface area contributed by atoms with Gasteiger partial charge in [-0.3, -0.25) is 0 Å². The van der Waals surface area contributed by atoms with Crippen LogP contribution in [0.15, 0.2) is 140 Å². The summed E-state index contributed by atoms with van der Waals surface area (Å²) < 4.78 is 0. The Morgan fingerprint density at radius 1 is 0.169 bits per heavy atom. The second-order valence-electron chi connectivity index (χ2n) is 19.8. The van der Waals surface area contributed by atoms with Crippen LogP contribution in [0.4, 0.5) is 0 Å². The Hall–Kier alpha value is -6.50. The first-order valence-electron chi connectivity index (χ1n) is 29.1. The maximum atomic E-state index is 2.27. The van der Waals surface area contributed by atoms with Crippen LogP contribution in [0, 0.1) is 118 Å². The summed E-state index contributed by atoms with van der Waals surface area (Å²) in [6, 6.07) is 51.2. The van der Waals surface area contributed by atoms with Crippen LogP contribution in [0.1, 0.15) is 164 Å². The first-order chi connectivity index (χ1) is 36.7. The van der Waals surface area contributed by atoms with Crippen LogP contribution in [0.25, 0.3) is 53.9 Å². The van der Waals surface area contributed by atoms with E-state index in [9.17, 15) is 0 Å². The monoisotopic (exact) mass is 1030 g/mol. The van der Waals surface area contributed by atoms with Gasteiger partial charge in [-0.15, -0.1) is 0 Å². The number of hydrogen-bond acceptors (Lipinski definition) is 0. The normalized spacial score (nSPS) is 9.75. The number of hydrogen-bond donors (Lipinski definition) is 0. The summed E-state index contributed by atoms with van der Waals surface area (Å²) in [7, 11) is 0. The third-order valence-corrected chi connectivity index (χ3v) is 13.7. The molecule has 0 aromatic heterocycles. The lowest BCUT2D eigenvalue weighted by atomic mass is 9.97. The van der Waals surface area contributed by atoms with Gasteiger partial charge in [-0.2, -0.15) is 0 Å². The second kappa shape index (κ2) is 34.3. The third-order valence-electron chi connectivity index (χ3n) is 13.7. The van der Waals surface area contributed by atoms with Crippen molar-refractivity contribution in [1.82, 2.24) is 0 Å². The number of fused-ring (bicyclic) bond motifs is 5. The Balaban J connectivity index is 0.000000462. The molecule has 0 amide bonds. The van der Waals surface area contributed by atoms with Gasteiger partial charge in [0.1, 0.15) is 0 Å². The molecule has 10 aromatic rings. The van der Waals surface area contributed by atoms with Crippen molar-refractivity contribution in [2.24, 2.45) is 0 Å². The highest BCUT2D eigenvalue weighted by molar-refractivity contribution is 5.91. The lowest BCUT2D eigenvalue weighted by Crippen LogP contribution is -1.86. The number of benzene rings is 10. The van der Waals surface area contributed by atoms with Crippen molar-refractivity contribution < 1.29 is 0 Å². The highest BCUT2D eigenvalue weighted by atomic mass is 14.1. The minimum Gasteiger partial charge on any atom is -0.0683 e. The van der Waals surface area contributed by atoms with Crippen molar-refractivity contribution in [2.75, 3.05) is 0 Å². The first kappa shape index (κ1) is 68.5. The zero-order chi connectivity index (χ0) is 58.9. The Morgan fingerprint density at radius 3 is 0.870 bits per heavy atom. The summed E-state index contributed by atoms with van der Waals surface area (Å²) >= 11 is 0. The van der Waals surface area contributed by atoms with Crippen molar-refractivity contribution in [3.8, 4) is 0 Å². The predicted octanol–water partition coefficient (Wildman–Crippen LogP) is 24.6. The summed E-state index contributed by atoms with van der Waals surface area (Å²) in [5, 5.41) is 13.7. The quantitative estimate of drug-likeness (QED) is 0.142. The van der Waals surface area contributed by atoms with E-state index < -0.39 is 0 Å². The zero-order valence-corrected chi connectivity index (χ0v) is 53.8. The van der Waals surface area contributed by atoms with Crippen molar-refractivity contribution in [3.63, 3.8) is 0 Å². The molecule has 0 aliphatic rings. The topological polar surface area (TPSA) is 0 Å². The smallest absolute Gasteiger partial charge is 0.0149 e. The molecule has 0 fully saturated rings. The minimum absolute atomic E-state index is 1.33. The molecule has 0 saturated heterocycles. The fourth-order valence-corrected chi connectivity index (χ4v) is 9.36. The van der Waals surface area contributed by atoms with E-state index in [0.29, 0.717) is 0 Å². The number of aryl methyl sites for hydroxylation is 17. The largest absolute Gasteiger partial charge is 0.0683 e. The van der Waals surface area contributed by atoms with Crippen molar-refractivity contribution in [2.45, 2.75) is 187 Å². The molecule has 0 saturated carbocycles. The molecule has 77 heavy (non-hydrogen) atoms. The molecule has 0 spiro atoms. The average Bonchev–Trinajstić information content (AvgIpc) is 3.41. The zero-order valence-electron chi connectivity index (χ0n) is 53.8. The van der Waals surface area contributed by atoms with Crippen LogP contribution < -0.4 is 0 Å². The summed E-state index contributed by atoms with van der Waals surface area (Å²) in [6.07, 6.45) is 0. The molecule has 0 unspecified atom stereocenters. The van der Waals surface area contributed by atoms with Crippen molar-refractivity contribution in [1.29, 1.82) is 0 Å². The van der Waals surface area contributed by atoms with Gasteiger partial charge >= 0.3 is 0 Å². The summed E-state index contributed by atoms with van der Waals surface area (Å²) in [5.74, 6) is 0. The van der Waals surface area contributed by atoms with E-state index in [1.54, 1.807) is 0 Å². The molecule has 0 nitrogen and oxygen atoms in total. The van der Waals surface area contributed by atoms with E-state index in [2.05, 4.69) is 257 Å². The average molecular weight is 1030 g/mol. The molecule has 0 atom stereocenters. The summed E-state index contributed by atoms with van der Waals surface area (Å²) in [4.78, 5) is 0. The van der Waals surface area contributed by atoms with Gasteiger partial charge in [-0.25, -0.2) is 0 Å². The van der Waals surface area contributed by atoms with Crippen LogP contribution in [0.5, 0.6) is 0 Å². The van der Waals surface area contributed by atoms with Crippen LogP contribution in [-0.4, -0.2) is 0 Å². The van der Waals surface area contributed by atoms with E-state index in [1.165, 1.54) is 148 Å². The highest BCUT2D eigenvalue weighted by Gasteiger charge is 2.05. The van der Waals surface area contributed by atoms with Crippen LogP contribution in [0.2, 0.25) is 0 Å². The molecule has 0 bridgehead atoms. The van der Waals surface area contributed by atoms with Crippen LogP contribution in [0.3, 0.4) is 0 Å². The lowest BCUT2D eigenvalue weighted by molar-refractivity contribution is 1.34. The molecular weight excluding hydrogens is 925 g/mol. The Labute approximate surface area is 472 Å². The van der Waals surface area contributed by atoms with Gasteiger partial charge in [0, 0.05) is 0 Å². The van der Waals surface area contributed by atoms with Crippen LogP contribution in [-0.2, 0) is 0 Å². The predicted molar refractivity (Wildman–Crippen MR) is 357 cm³/mol. The molecule has 0 aliphatic carbocycles. The van der Waals surface area contributed by atoms with Gasteiger partial charge < -0.3 is 0 Å². The minimum atomic E-state index is 1.33. The maximum Gasteiger partial charge on any atom is -0.0149 e. The summed E-state index contributed by atoms with van der Waals surface area (Å²) in [5.41, 5.74) is 23.2. The molecule has 0 heterocycles.